The summed E-state index contributed by atoms with van der Waals surface area (Å²) >= 11 is 0. The fraction of sp³-hybridized carbons (Fsp3) is 0.545. The number of sulfonamides is 1. The van der Waals surface area contributed by atoms with Crippen molar-refractivity contribution in [2.75, 3.05) is 24.2 Å². The van der Waals surface area contributed by atoms with Gasteiger partial charge in [-0.2, -0.15) is 0 Å². The van der Waals surface area contributed by atoms with Gasteiger partial charge >= 0.3 is 0 Å². The van der Waals surface area contributed by atoms with E-state index >= 15 is 0 Å². The maximum absolute atomic E-state index is 11.7. The highest BCUT2D eigenvalue weighted by Gasteiger charge is 2.08. The Hall–Kier alpha value is -1.74. The Morgan fingerprint density at radius 1 is 1.30 bits per heavy atom. The van der Waals surface area contributed by atoms with Crippen molar-refractivity contribution < 1.29 is 13.2 Å². The third-order valence-electron chi connectivity index (χ3n) is 2.34. The first-order valence-electron chi connectivity index (χ1n) is 6.28. The minimum atomic E-state index is -3.49. The number of amides is 1. The van der Waals surface area contributed by atoms with Crippen LogP contribution in [-0.2, 0) is 10.0 Å². The van der Waals surface area contributed by atoms with E-state index < -0.39 is 15.9 Å². The second-order valence-electron chi connectivity index (χ2n) is 4.21. The lowest BCUT2D eigenvalue weighted by molar-refractivity contribution is 0.0947. The molecule has 0 saturated carbocycles. The summed E-state index contributed by atoms with van der Waals surface area (Å²) in [4.78, 5) is 11.7. The first kappa shape index (κ1) is 16.3. The molecule has 1 amide bonds. The fourth-order valence-corrected chi connectivity index (χ4v) is 1.91. The molecule has 0 aliphatic carbocycles. The zero-order chi connectivity index (χ0) is 15.0. The summed E-state index contributed by atoms with van der Waals surface area (Å²) in [6, 6.07) is 3.22. The van der Waals surface area contributed by atoms with E-state index in [0.717, 1.165) is 13.0 Å². The SMILES string of the molecule is CCCNc1ccc(C(=O)NCCCS(N)(=O)=O)nn1. The molecule has 0 aliphatic rings. The standard InChI is InChI=1S/C11H19N5O3S/c1-2-6-13-10-5-4-9(15-16-10)11(17)14-7-3-8-20(12,18)19/h4-5H,2-3,6-8H2,1H3,(H,13,16)(H,14,17)(H2,12,18,19). The van der Waals surface area contributed by atoms with Crippen LogP contribution in [0.1, 0.15) is 30.3 Å². The third-order valence-corrected chi connectivity index (χ3v) is 3.20. The van der Waals surface area contributed by atoms with Gasteiger partial charge in [-0.1, -0.05) is 6.92 Å². The van der Waals surface area contributed by atoms with Gasteiger partial charge in [0.2, 0.25) is 10.0 Å². The molecule has 0 spiro atoms. The highest BCUT2D eigenvalue weighted by Crippen LogP contribution is 2.02. The van der Waals surface area contributed by atoms with Gasteiger partial charge in [-0.3, -0.25) is 4.79 Å². The van der Waals surface area contributed by atoms with Crippen molar-refractivity contribution in [1.82, 2.24) is 15.5 Å². The number of nitrogens with zero attached hydrogens (tertiary/aromatic N) is 2. The van der Waals surface area contributed by atoms with Gasteiger partial charge in [0.15, 0.2) is 5.69 Å². The lowest BCUT2D eigenvalue weighted by Crippen LogP contribution is -2.28. The van der Waals surface area contributed by atoms with Crippen molar-refractivity contribution in [2.24, 2.45) is 5.14 Å². The smallest absolute Gasteiger partial charge is 0.271 e. The first-order valence-corrected chi connectivity index (χ1v) is 8.00. The maximum Gasteiger partial charge on any atom is 0.271 e. The molecule has 112 valence electrons. The summed E-state index contributed by atoms with van der Waals surface area (Å²) < 4.78 is 21.4. The molecule has 1 aromatic rings. The van der Waals surface area contributed by atoms with Gasteiger partial charge in [0, 0.05) is 13.1 Å². The molecular weight excluding hydrogens is 282 g/mol. The van der Waals surface area contributed by atoms with Gasteiger partial charge in [0.25, 0.3) is 5.91 Å². The second-order valence-corrected chi connectivity index (χ2v) is 5.94. The van der Waals surface area contributed by atoms with E-state index in [9.17, 15) is 13.2 Å². The molecule has 0 radical (unpaired) electrons. The van der Waals surface area contributed by atoms with Crippen LogP contribution in [0.25, 0.3) is 0 Å². The van der Waals surface area contributed by atoms with Crippen molar-refractivity contribution in [3.8, 4) is 0 Å². The van der Waals surface area contributed by atoms with Gasteiger partial charge in [-0.15, -0.1) is 10.2 Å². The molecule has 20 heavy (non-hydrogen) atoms. The van der Waals surface area contributed by atoms with Crippen LogP contribution in [-0.4, -0.2) is 43.4 Å². The largest absolute Gasteiger partial charge is 0.369 e. The van der Waals surface area contributed by atoms with E-state index in [1.54, 1.807) is 12.1 Å². The lowest BCUT2D eigenvalue weighted by Gasteiger charge is -2.05. The summed E-state index contributed by atoms with van der Waals surface area (Å²) in [6.45, 7) is 3.03. The number of nitrogens with two attached hydrogens (primary N) is 1. The zero-order valence-corrected chi connectivity index (χ0v) is 12.1. The van der Waals surface area contributed by atoms with Crippen LogP contribution >= 0.6 is 0 Å². The highest BCUT2D eigenvalue weighted by atomic mass is 32.2. The summed E-state index contributed by atoms with van der Waals surface area (Å²) in [7, 11) is -3.49. The Morgan fingerprint density at radius 3 is 2.60 bits per heavy atom. The van der Waals surface area contributed by atoms with Crippen LogP contribution in [0.3, 0.4) is 0 Å². The molecule has 0 bridgehead atoms. The Morgan fingerprint density at radius 2 is 2.05 bits per heavy atom. The minimum absolute atomic E-state index is 0.168. The number of aromatic nitrogens is 2. The van der Waals surface area contributed by atoms with Crippen molar-refractivity contribution in [1.29, 1.82) is 0 Å². The van der Waals surface area contributed by atoms with Gasteiger partial charge < -0.3 is 10.6 Å². The molecule has 0 unspecified atom stereocenters. The Bertz CT molecular complexity index is 529. The molecule has 1 aromatic heterocycles. The Kier molecular flexibility index (Phi) is 6.32. The van der Waals surface area contributed by atoms with Gasteiger partial charge in [0.1, 0.15) is 5.82 Å². The number of hydrogen-bond acceptors (Lipinski definition) is 6. The summed E-state index contributed by atoms with van der Waals surface area (Å²) in [5, 5.41) is 18.1. The molecule has 0 fully saturated rings. The van der Waals surface area contributed by atoms with E-state index in [2.05, 4.69) is 20.8 Å². The van der Waals surface area contributed by atoms with Crippen LogP contribution in [0.15, 0.2) is 12.1 Å². The molecule has 8 nitrogen and oxygen atoms in total. The molecule has 0 aromatic carbocycles. The number of nitrogens with one attached hydrogen (secondary N) is 2. The van der Waals surface area contributed by atoms with Crippen LogP contribution in [0, 0.1) is 0 Å². The summed E-state index contributed by atoms with van der Waals surface area (Å²) in [6.07, 6.45) is 1.22. The molecule has 9 heteroatoms. The predicted molar refractivity (Wildman–Crippen MR) is 75.7 cm³/mol. The number of rotatable bonds is 8. The zero-order valence-electron chi connectivity index (χ0n) is 11.3. The monoisotopic (exact) mass is 301 g/mol. The van der Waals surface area contributed by atoms with E-state index in [1.165, 1.54) is 0 Å². The van der Waals surface area contributed by atoms with E-state index in [4.69, 9.17) is 5.14 Å². The third kappa shape index (κ3) is 6.43. The molecule has 4 N–H and O–H groups in total. The average Bonchev–Trinajstić information content (AvgIpc) is 2.40. The van der Waals surface area contributed by atoms with Crippen molar-refractivity contribution in [3.05, 3.63) is 17.8 Å². The van der Waals surface area contributed by atoms with Crippen molar-refractivity contribution in [3.63, 3.8) is 0 Å². The minimum Gasteiger partial charge on any atom is -0.369 e. The molecule has 0 aliphatic heterocycles. The summed E-state index contributed by atoms with van der Waals surface area (Å²) in [5.41, 5.74) is 0.183. The maximum atomic E-state index is 11.7. The number of anilines is 1. The lowest BCUT2D eigenvalue weighted by atomic mass is 10.3. The number of carbonyl (C=O) groups is 1. The number of primary sulfonamides is 1. The highest BCUT2D eigenvalue weighted by molar-refractivity contribution is 7.89. The molecule has 1 heterocycles. The van der Waals surface area contributed by atoms with Gasteiger partial charge in [-0.25, -0.2) is 13.6 Å². The van der Waals surface area contributed by atoms with Crippen LogP contribution in [0.4, 0.5) is 5.82 Å². The number of carbonyl (C=O) groups excluding carboxylic acids is 1. The fourth-order valence-electron chi connectivity index (χ4n) is 1.37. The van der Waals surface area contributed by atoms with Crippen LogP contribution in [0.5, 0.6) is 0 Å². The average molecular weight is 301 g/mol. The van der Waals surface area contributed by atoms with Gasteiger partial charge in [-0.05, 0) is 25.0 Å². The molecule has 0 saturated heterocycles. The molecule has 1 rings (SSSR count). The predicted octanol–water partition coefficient (Wildman–Crippen LogP) is -0.293. The summed E-state index contributed by atoms with van der Waals surface area (Å²) in [5.74, 6) is 0.0466. The Balaban J connectivity index is 2.39. The van der Waals surface area contributed by atoms with E-state index in [1.807, 2.05) is 6.92 Å². The normalized spacial score (nSPS) is 11.1. The van der Waals surface area contributed by atoms with E-state index in [-0.39, 0.29) is 24.4 Å². The quantitative estimate of drug-likeness (QED) is 0.566. The molecule has 0 atom stereocenters. The van der Waals surface area contributed by atoms with Crippen LogP contribution < -0.4 is 15.8 Å². The second kappa shape index (κ2) is 7.75. The van der Waals surface area contributed by atoms with Crippen LogP contribution in [0.2, 0.25) is 0 Å². The first-order chi connectivity index (χ1) is 9.42. The van der Waals surface area contributed by atoms with Crippen molar-refractivity contribution in [2.45, 2.75) is 19.8 Å². The topological polar surface area (TPSA) is 127 Å². The van der Waals surface area contributed by atoms with Crippen molar-refractivity contribution >= 4 is 21.7 Å². The Labute approximate surface area is 118 Å². The molecular formula is C11H19N5O3S. The van der Waals surface area contributed by atoms with E-state index in [0.29, 0.717) is 5.82 Å². The van der Waals surface area contributed by atoms with Gasteiger partial charge in [0.05, 0.1) is 5.75 Å². The number of hydrogen-bond donors (Lipinski definition) is 3.